The zero-order valence-electron chi connectivity index (χ0n) is 9.77. The molecule has 3 nitrogen and oxygen atoms in total. The highest BCUT2D eigenvalue weighted by Gasteiger charge is 2.07. The molecule has 0 radical (unpaired) electrons. The van der Waals surface area contributed by atoms with Crippen LogP contribution < -0.4 is 5.32 Å². The number of aryl methyl sites for hydroxylation is 1. The van der Waals surface area contributed by atoms with E-state index >= 15 is 0 Å². The summed E-state index contributed by atoms with van der Waals surface area (Å²) in [4.78, 5) is 8.41. The highest BCUT2D eigenvalue weighted by atomic mass is 32.1. The monoisotopic (exact) mass is 251 g/mol. The molecule has 1 atom stereocenters. The maximum atomic E-state index is 12.7. The number of pyridine rings is 1. The van der Waals surface area contributed by atoms with Gasteiger partial charge >= 0.3 is 0 Å². The predicted octanol–water partition coefficient (Wildman–Crippen LogP) is 2.84. The third kappa shape index (κ3) is 3.31. The molecule has 0 amide bonds. The van der Waals surface area contributed by atoms with Crippen molar-refractivity contribution >= 4 is 11.3 Å². The molecular weight excluding hydrogens is 237 g/mol. The Bertz CT molecular complexity index is 481. The van der Waals surface area contributed by atoms with Crippen LogP contribution in [0.25, 0.3) is 0 Å². The first kappa shape index (κ1) is 12.1. The van der Waals surface area contributed by atoms with Crippen LogP contribution in [0.4, 0.5) is 4.39 Å². The maximum absolute atomic E-state index is 12.7. The standard InChI is InChI=1S/C12H14FN3S/c1-8-7-17-12(16-8)6-14-9(2)11-4-3-10(13)5-15-11/h3-5,7,9,14H,6H2,1-2H3. The Balaban J connectivity index is 1.93. The smallest absolute Gasteiger partial charge is 0.141 e. The van der Waals surface area contributed by atoms with E-state index in [2.05, 4.69) is 15.3 Å². The predicted molar refractivity (Wildman–Crippen MR) is 66.3 cm³/mol. The number of rotatable bonds is 4. The van der Waals surface area contributed by atoms with Crippen LogP contribution in [0.2, 0.25) is 0 Å². The first-order valence-corrected chi connectivity index (χ1v) is 6.29. The third-order valence-corrected chi connectivity index (χ3v) is 3.39. The van der Waals surface area contributed by atoms with Gasteiger partial charge in [0.25, 0.3) is 0 Å². The molecule has 0 bridgehead atoms. The number of nitrogens with zero attached hydrogens (tertiary/aromatic N) is 2. The van der Waals surface area contributed by atoms with Crippen LogP contribution >= 0.6 is 11.3 Å². The van der Waals surface area contributed by atoms with Crippen molar-refractivity contribution < 1.29 is 4.39 Å². The molecular formula is C12H14FN3S. The van der Waals surface area contributed by atoms with Crippen LogP contribution in [0.15, 0.2) is 23.7 Å². The minimum Gasteiger partial charge on any atom is -0.302 e. The van der Waals surface area contributed by atoms with Gasteiger partial charge in [-0.25, -0.2) is 9.37 Å². The minimum absolute atomic E-state index is 0.0832. The molecule has 90 valence electrons. The van der Waals surface area contributed by atoms with Crippen LogP contribution in [-0.2, 0) is 6.54 Å². The van der Waals surface area contributed by atoms with Gasteiger partial charge in [0.1, 0.15) is 10.8 Å². The lowest BCUT2D eigenvalue weighted by molar-refractivity contribution is 0.553. The lowest BCUT2D eigenvalue weighted by Gasteiger charge is -2.11. The van der Waals surface area contributed by atoms with E-state index in [9.17, 15) is 4.39 Å². The van der Waals surface area contributed by atoms with Crippen LogP contribution in [0.5, 0.6) is 0 Å². The van der Waals surface area contributed by atoms with Gasteiger partial charge in [0.05, 0.1) is 11.9 Å². The van der Waals surface area contributed by atoms with Crippen LogP contribution in [0, 0.1) is 12.7 Å². The van der Waals surface area contributed by atoms with Gasteiger partial charge in [0.2, 0.25) is 0 Å². The highest BCUT2D eigenvalue weighted by Crippen LogP contribution is 2.13. The summed E-state index contributed by atoms with van der Waals surface area (Å²) in [6.45, 7) is 4.68. The largest absolute Gasteiger partial charge is 0.302 e. The molecule has 2 rings (SSSR count). The van der Waals surface area contributed by atoms with Crippen LogP contribution in [0.1, 0.15) is 29.4 Å². The fraction of sp³-hybridized carbons (Fsp3) is 0.333. The Morgan fingerprint density at radius 1 is 1.47 bits per heavy atom. The first-order chi connectivity index (χ1) is 8.15. The number of aromatic nitrogens is 2. The summed E-state index contributed by atoms with van der Waals surface area (Å²) in [5, 5.41) is 6.39. The lowest BCUT2D eigenvalue weighted by atomic mass is 10.2. The molecule has 0 aliphatic rings. The van der Waals surface area contributed by atoms with E-state index in [4.69, 9.17) is 0 Å². The first-order valence-electron chi connectivity index (χ1n) is 5.41. The minimum atomic E-state index is -0.309. The second-order valence-electron chi connectivity index (χ2n) is 3.89. The fourth-order valence-corrected chi connectivity index (χ4v) is 2.19. The van der Waals surface area contributed by atoms with Crippen molar-refractivity contribution in [3.8, 4) is 0 Å². The van der Waals surface area contributed by atoms with Gasteiger partial charge in [-0.3, -0.25) is 4.98 Å². The van der Waals surface area contributed by atoms with Gasteiger partial charge in [-0.05, 0) is 26.0 Å². The Hall–Kier alpha value is -1.33. The van der Waals surface area contributed by atoms with Crippen molar-refractivity contribution in [1.82, 2.24) is 15.3 Å². The van der Waals surface area contributed by atoms with Gasteiger partial charge in [0.15, 0.2) is 0 Å². The number of nitrogens with one attached hydrogen (secondary N) is 1. The molecule has 0 aromatic carbocycles. The molecule has 0 saturated carbocycles. The summed E-state index contributed by atoms with van der Waals surface area (Å²) in [7, 11) is 0. The number of hydrogen-bond donors (Lipinski definition) is 1. The molecule has 5 heteroatoms. The summed E-state index contributed by atoms with van der Waals surface area (Å²) in [5.74, 6) is -0.309. The second-order valence-corrected chi connectivity index (χ2v) is 4.83. The lowest BCUT2D eigenvalue weighted by Crippen LogP contribution is -2.19. The van der Waals surface area contributed by atoms with Crippen molar-refractivity contribution in [2.45, 2.75) is 26.4 Å². The van der Waals surface area contributed by atoms with E-state index in [1.807, 2.05) is 19.2 Å². The van der Waals surface area contributed by atoms with E-state index < -0.39 is 0 Å². The Morgan fingerprint density at radius 3 is 2.88 bits per heavy atom. The Kier molecular flexibility index (Phi) is 3.81. The van der Waals surface area contributed by atoms with Gasteiger partial charge in [-0.15, -0.1) is 11.3 Å². The summed E-state index contributed by atoms with van der Waals surface area (Å²) in [6.07, 6.45) is 1.24. The summed E-state index contributed by atoms with van der Waals surface area (Å²) < 4.78 is 12.7. The van der Waals surface area contributed by atoms with Crippen molar-refractivity contribution in [3.05, 3.63) is 45.9 Å². The molecule has 1 unspecified atom stereocenters. The highest BCUT2D eigenvalue weighted by molar-refractivity contribution is 7.09. The average Bonchev–Trinajstić information content (AvgIpc) is 2.73. The molecule has 0 saturated heterocycles. The van der Waals surface area contributed by atoms with Gasteiger partial charge in [-0.2, -0.15) is 0 Å². The molecule has 0 aliphatic heterocycles. The zero-order valence-corrected chi connectivity index (χ0v) is 10.6. The number of halogens is 1. The zero-order chi connectivity index (χ0) is 12.3. The maximum Gasteiger partial charge on any atom is 0.141 e. The van der Waals surface area contributed by atoms with E-state index in [-0.39, 0.29) is 11.9 Å². The molecule has 17 heavy (non-hydrogen) atoms. The summed E-state index contributed by atoms with van der Waals surface area (Å²) in [5.41, 5.74) is 1.87. The number of hydrogen-bond acceptors (Lipinski definition) is 4. The quantitative estimate of drug-likeness (QED) is 0.908. The van der Waals surface area contributed by atoms with E-state index in [1.54, 1.807) is 17.4 Å². The van der Waals surface area contributed by atoms with Crippen molar-refractivity contribution in [2.75, 3.05) is 0 Å². The molecule has 0 spiro atoms. The van der Waals surface area contributed by atoms with Gasteiger partial charge in [0, 0.05) is 23.7 Å². The van der Waals surface area contributed by atoms with Crippen molar-refractivity contribution in [1.29, 1.82) is 0 Å². The van der Waals surface area contributed by atoms with Crippen molar-refractivity contribution in [2.24, 2.45) is 0 Å². The van der Waals surface area contributed by atoms with Gasteiger partial charge < -0.3 is 5.32 Å². The second kappa shape index (κ2) is 5.33. The third-order valence-electron chi connectivity index (χ3n) is 2.42. The molecule has 2 aromatic heterocycles. The molecule has 2 heterocycles. The Labute approximate surface area is 104 Å². The number of thiazole rings is 1. The molecule has 0 fully saturated rings. The summed E-state index contributed by atoms with van der Waals surface area (Å²) >= 11 is 1.64. The average molecular weight is 251 g/mol. The van der Waals surface area contributed by atoms with Crippen molar-refractivity contribution in [3.63, 3.8) is 0 Å². The van der Waals surface area contributed by atoms with E-state index in [0.717, 1.165) is 16.4 Å². The van der Waals surface area contributed by atoms with E-state index in [0.29, 0.717) is 6.54 Å². The van der Waals surface area contributed by atoms with Gasteiger partial charge in [-0.1, -0.05) is 0 Å². The topological polar surface area (TPSA) is 37.8 Å². The SMILES string of the molecule is Cc1csc(CNC(C)c2ccc(F)cn2)n1. The van der Waals surface area contributed by atoms with E-state index in [1.165, 1.54) is 12.3 Å². The molecule has 0 aliphatic carbocycles. The fourth-order valence-electron chi connectivity index (χ4n) is 1.47. The normalized spacial score (nSPS) is 12.6. The molecule has 1 N–H and O–H groups in total. The van der Waals surface area contributed by atoms with Crippen LogP contribution in [0.3, 0.4) is 0 Å². The Morgan fingerprint density at radius 2 is 2.29 bits per heavy atom. The summed E-state index contributed by atoms with van der Waals surface area (Å²) in [6, 6.07) is 3.20. The van der Waals surface area contributed by atoms with Crippen LogP contribution in [-0.4, -0.2) is 9.97 Å². The molecule has 2 aromatic rings.